The molecule has 0 spiro atoms. The summed E-state index contributed by atoms with van der Waals surface area (Å²) >= 11 is 1.70. The van der Waals surface area contributed by atoms with E-state index < -0.39 is 0 Å². The first-order chi connectivity index (χ1) is 12.7. The van der Waals surface area contributed by atoms with Crippen LogP contribution in [-0.4, -0.2) is 49.1 Å². The first-order valence-corrected chi connectivity index (χ1v) is 10.5. The number of aromatic nitrogens is 1. The van der Waals surface area contributed by atoms with Crippen LogP contribution in [0.2, 0.25) is 0 Å². The van der Waals surface area contributed by atoms with Crippen LogP contribution in [-0.2, 0) is 4.79 Å². The van der Waals surface area contributed by atoms with Gasteiger partial charge in [0.05, 0.1) is 11.8 Å². The molecule has 0 bridgehead atoms. The lowest BCUT2D eigenvalue weighted by molar-refractivity contribution is -0.132. The molecule has 1 saturated heterocycles. The Balaban J connectivity index is 1.36. The minimum Gasteiger partial charge on any atom is -0.494 e. The SMILES string of the molecule is COc1cccc2sc(N3CCN(C(=O)CC4CCCCC4)CC3)nc12. The molecule has 5 nitrogen and oxygen atoms in total. The van der Waals surface area contributed by atoms with Crippen molar-refractivity contribution in [2.75, 3.05) is 38.2 Å². The number of methoxy groups -OCH3 is 1. The van der Waals surface area contributed by atoms with E-state index in [-0.39, 0.29) is 0 Å². The number of para-hydroxylation sites is 1. The molecule has 1 saturated carbocycles. The van der Waals surface area contributed by atoms with Crippen molar-refractivity contribution >= 4 is 32.6 Å². The van der Waals surface area contributed by atoms with Crippen molar-refractivity contribution in [2.24, 2.45) is 5.92 Å². The standard InChI is InChI=1S/C20H27N3O2S/c1-25-16-8-5-9-17-19(16)21-20(26-17)23-12-10-22(11-13-23)18(24)14-15-6-3-2-4-7-15/h5,8-9,15H,2-4,6-7,10-14H2,1H3. The summed E-state index contributed by atoms with van der Waals surface area (Å²) in [6.07, 6.45) is 7.16. The summed E-state index contributed by atoms with van der Waals surface area (Å²) in [5.74, 6) is 1.79. The van der Waals surface area contributed by atoms with E-state index in [1.807, 2.05) is 12.1 Å². The number of rotatable bonds is 4. The van der Waals surface area contributed by atoms with E-state index in [1.165, 1.54) is 32.1 Å². The number of carbonyl (C=O) groups excluding carboxylic acids is 1. The highest BCUT2D eigenvalue weighted by molar-refractivity contribution is 7.22. The van der Waals surface area contributed by atoms with Crippen molar-refractivity contribution in [3.63, 3.8) is 0 Å². The molecular formula is C20H27N3O2S. The first-order valence-electron chi connectivity index (χ1n) is 9.71. The molecule has 0 unspecified atom stereocenters. The zero-order valence-electron chi connectivity index (χ0n) is 15.4. The van der Waals surface area contributed by atoms with Gasteiger partial charge in [0, 0.05) is 32.6 Å². The number of nitrogens with zero attached hydrogens (tertiary/aromatic N) is 3. The van der Waals surface area contributed by atoms with Gasteiger partial charge in [-0.05, 0) is 30.9 Å². The predicted octanol–water partition coefficient (Wildman–Crippen LogP) is 3.92. The third kappa shape index (κ3) is 3.65. The molecule has 2 fully saturated rings. The van der Waals surface area contributed by atoms with Gasteiger partial charge in [-0.2, -0.15) is 0 Å². The van der Waals surface area contributed by atoms with Crippen LogP contribution in [0.5, 0.6) is 5.75 Å². The van der Waals surface area contributed by atoms with E-state index in [2.05, 4.69) is 15.9 Å². The second-order valence-electron chi connectivity index (χ2n) is 7.38. The zero-order valence-corrected chi connectivity index (χ0v) is 16.3. The van der Waals surface area contributed by atoms with Crippen molar-refractivity contribution in [3.8, 4) is 5.75 Å². The number of thiazole rings is 1. The second-order valence-corrected chi connectivity index (χ2v) is 8.39. The number of benzene rings is 1. The average molecular weight is 374 g/mol. The topological polar surface area (TPSA) is 45.7 Å². The number of anilines is 1. The van der Waals surface area contributed by atoms with Gasteiger partial charge in [-0.3, -0.25) is 4.79 Å². The molecule has 1 aromatic heterocycles. The Labute approximate surface area is 159 Å². The van der Waals surface area contributed by atoms with E-state index in [0.29, 0.717) is 11.8 Å². The van der Waals surface area contributed by atoms with Crippen LogP contribution >= 0.6 is 11.3 Å². The highest BCUT2D eigenvalue weighted by Crippen LogP contribution is 2.34. The van der Waals surface area contributed by atoms with E-state index in [0.717, 1.165) is 53.7 Å². The minimum atomic E-state index is 0.350. The fourth-order valence-electron chi connectivity index (χ4n) is 4.13. The molecular weight excluding hydrogens is 346 g/mol. The van der Waals surface area contributed by atoms with E-state index in [1.54, 1.807) is 18.4 Å². The molecule has 0 N–H and O–H groups in total. The lowest BCUT2D eigenvalue weighted by Gasteiger charge is -2.35. The Kier molecular flexibility index (Phi) is 5.29. The fourth-order valence-corrected chi connectivity index (χ4v) is 5.16. The van der Waals surface area contributed by atoms with Gasteiger partial charge in [0.1, 0.15) is 11.3 Å². The molecule has 1 aromatic carbocycles. The highest BCUT2D eigenvalue weighted by Gasteiger charge is 2.26. The van der Waals surface area contributed by atoms with Crippen molar-refractivity contribution in [2.45, 2.75) is 38.5 Å². The van der Waals surface area contributed by atoms with Gasteiger partial charge in [-0.15, -0.1) is 0 Å². The number of piperazine rings is 1. The number of ether oxygens (including phenoxy) is 1. The maximum Gasteiger partial charge on any atom is 0.222 e. The monoisotopic (exact) mass is 373 g/mol. The Morgan fingerprint density at radius 2 is 1.96 bits per heavy atom. The van der Waals surface area contributed by atoms with Crippen LogP contribution in [0.4, 0.5) is 5.13 Å². The van der Waals surface area contributed by atoms with Crippen LogP contribution in [0.3, 0.4) is 0 Å². The maximum atomic E-state index is 12.6. The van der Waals surface area contributed by atoms with Crippen molar-refractivity contribution in [3.05, 3.63) is 18.2 Å². The van der Waals surface area contributed by atoms with E-state index >= 15 is 0 Å². The molecule has 2 aliphatic rings. The summed E-state index contributed by atoms with van der Waals surface area (Å²) < 4.78 is 6.57. The molecule has 1 aliphatic carbocycles. The molecule has 1 aliphatic heterocycles. The summed E-state index contributed by atoms with van der Waals surface area (Å²) in [4.78, 5) is 21.8. The van der Waals surface area contributed by atoms with Gasteiger partial charge >= 0.3 is 0 Å². The predicted molar refractivity (Wildman–Crippen MR) is 106 cm³/mol. The number of fused-ring (bicyclic) bond motifs is 1. The Bertz CT molecular complexity index is 762. The van der Waals surface area contributed by atoms with Crippen molar-refractivity contribution in [1.82, 2.24) is 9.88 Å². The van der Waals surface area contributed by atoms with Crippen LogP contribution < -0.4 is 9.64 Å². The largest absolute Gasteiger partial charge is 0.494 e. The lowest BCUT2D eigenvalue weighted by Crippen LogP contribution is -2.49. The van der Waals surface area contributed by atoms with E-state index in [4.69, 9.17) is 9.72 Å². The van der Waals surface area contributed by atoms with Crippen molar-refractivity contribution in [1.29, 1.82) is 0 Å². The molecule has 26 heavy (non-hydrogen) atoms. The van der Waals surface area contributed by atoms with Crippen molar-refractivity contribution < 1.29 is 9.53 Å². The van der Waals surface area contributed by atoms with Gasteiger partial charge < -0.3 is 14.5 Å². The van der Waals surface area contributed by atoms with Gasteiger partial charge in [0.2, 0.25) is 5.91 Å². The summed E-state index contributed by atoms with van der Waals surface area (Å²) in [6.45, 7) is 3.33. The molecule has 1 amide bonds. The third-order valence-electron chi connectivity index (χ3n) is 5.68. The summed E-state index contributed by atoms with van der Waals surface area (Å²) in [7, 11) is 1.69. The number of hydrogen-bond acceptors (Lipinski definition) is 5. The van der Waals surface area contributed by atoms with Gasteiger partial charge in [-0.25, -0.2) is 4.98 Å². The average Bonchev–Trinajstić information content (AvgIpc) is 3.13. The maximum absolute atomic E-state index is 12.6. The number of carbonyl (C=O) groups is 1. The zero-order chi connectivity index (χ0) is 17.9. The van der Waals surface area contributed by atoms with Crippen LogP contribution in [0.25, 0.3) is 10.2 Å². The molecule has 4 rings (SSSR count). The second kappa shape index (κ2) is 7.82. The first kappa shape index (κ1) is 17.6. The normalized spacial score (nSPS) is 19.1. The number of amides is 1. The Hall–Kier alpha value is -1.82. The molecule has 0 atom stereocenters. The molecule has 6 heteroatoms. The summed E-state index contributed by atoms with van der Waals surface area (Å²) in [6, 6.07) is 6.04. The minimum absolute atomic E-state index is 0.350. The fraction of sp³-hybridized carbons (Fsp3) is 0.600. The Morgan fingerprint density at radius 1 is 1.19 bits per heavy atom. The molecule has 0 radical (unpaired) electrons. The number of hydrogen-bond donors (Lipinski definition) is 0. The Morgan fingerprint density at radius 3 is 2.69 bits per heavy atom. The van der Waals surface area contributed by atoms with Gasteiger partial charge in [0.25, 0.3) is 0 Å². The van der Waals surface area contributed by atoms with Crippen LogP contribution in [0.1, 0.15) is 38.5 Å². The summed E-state index contributed by atoms with van der Waals surface area (Å²) in [5.41, 5.74) is 0.936. The van der Waals surface area contributed by atoms with Crippen LogP contribution in [0.15, 0.2) is 18.2 Å². The van der Waals surface area contributed by atoms with E-state index in [9.17, 15) is 4.79 Å². The highest BCUT2D eigenvalue weighted by atomic mass is 32.1. The molecule has 140 valence electrons. The van der Waals surface area contributed by atoms with Gasteiger partial charge in [0.15, 0.2) is 5.13 Å². The molecule has 2 heterocycles. The quantitative estimate of drug-likeness (QED) is 0.815. The lowest BCUT2D eigenvalue weighted by atomic mass is 9.86. The summed E-state index contributed by atoms with van der Waals surface area (Å²) in [5, 5.41) is 1.03. The molecule has 2 aromatic rings. The smallest absolute Gasteiger partial charge is 0.222 e. The third-order valence-corrected chi connectivity index (χ3v) is 6.76. The van der Waals surface area contributed by atoms with Crippen LogP contribution in [0, 0.1) is 5.92 Å². The van der Waals surface area contributed by atoms with Gasteiger partial charge in [-0.1, -0.05) is 36.7 Å².